The minimum atomic E-state index is -3.94. The Morgan fingerprint density at radius 3 is 2.69 bits per heavy atom. The molecular formula is C21H31F2N7O3S2. The molecule has 2 atom stereocenters. The predicted octanol–water partition coefficient (Wildman–Crippen LogP) is 2.21. The fourth-order valence-corrected chi connectivity index (χ4v) is 5.57. The highest BCUT2D eigenvalue weighted by molar-refractivity contribution is 7.98. The van der Waals surface area contributed by atoms with Crippen molar-refractivity contribution in [2.45, 2.75) is 50.2 Å². The minimum absolute atomic E-state index is 0.00969. The summed E-state index contributed by atoms with van der Waals surface area (Å²) in [5, 5.41) is 16.0. The Morgan fingerprint density at radius 2 is 2.00 bits per heavy atom. The SMILES string of the molecule is CC(C)C[C@H](CO)Nc1nc(NS(=O)(=O)N2CCN[C@@H](C)C2)nc(SCc2cccc(F)c2F)n1. The zero-order valence-corrected chi connectivity index (χ0v) is 21.5. The maximum atomic E-state index is 14.1. The van der Waals surface area contributed by atoms with Gasteiger partial charge in [0.25, 0.3) is 0 Å². The van der Waals surface area contributed by atoms with Crippen LogP contribution < -0.4 is 15.4 Å². The molecule has 1 aliphatic heterocycles. The Labute approximate surface area is 208 Å². The number of piperazine rings is 1. The summed E-state index contributed by atoms with van der Waals surface area (Å²) in [5.41, 5.74) is 0.120. The summed E-state index contributed by atoms with van der Waals surface area (Å²) in [6.45, 7) is 6.79. The molecule has 1 saturated heterocycles. The van der Waals surface area contributed by atoms with E-state index in [2.05, 4.69) is 30.3 Å². The van der Waals surface area contributed by atoms with Crippen LogP contribution in [0.25, 0.3) is 0 Å². The Kier molecular flexibility index (Phi) is 9.58. The van der Waals surface area contributed by atoms with Crippen LogP contribution in [0.3, 0.4) is 0 Å². The van der Waals surface area contributed by atoms with Gasteiger partial charge < -0.3 is 15.7 Å². The fraction of sp³-hybridized carbons (Fsp3) is 0.571. The Hall–Kier alpha value is -2.13. The van der Waals surface area contributed by atoms with Crippen LogP contribution in [0.4, 0.5) is 20.7 Å². The number of thioether (sulfide) groups is 1. The first-order chi connectivity index (χ1) is 16.6. The third kappa shape index (κ3) is 7.93. The van der Waals surface area contributed by atoms with Gasteiger partial charge in [-0.05, 0) is 25.3 Å². The molecule has 1 fully saturated rings. The number of nitrogens with one attached hydrogen (secondary N) is 3. The molecule has 10 nitrogen and oxygen atoms in total. The highest BCUT2D eigenvalue weighted by Crippen LogP contribution is 2.25. The van der Waals surface area contributed by atoms with Crippen molar-refractivity contribution in [1.29, 1.82) is 0 Å². The molecule has 0 spiro atoms. The molecule has 0 radical (unpaired) electrons. The van der Waals surface area contributed by atoms with E-state index in [4.69, 9.17) is 0 Å². The Bertz CT molecular complexity index is 1110. The van der Waals surface area contributed by atoms with Crippen molar-refractivity contribution in [3.05, 3.63) is 35.4 Å². The van der Waals surface area contributed by atoms with Crippen LogP contribution in [0.1, 0.15) is 32.8 Å². The van der Waals surface area contributed by atoms with E-state index in [1.54, 1.807) is 0 Å². The number of aliphatic hydroxyl groups is 1. The van der Waals surface area contributed by atoms with E-state index in [0.29, 0.717) is 13.0 Å². The van der Waals surface area contributed by atoms with Crippen LogP contribution in [0.5, 0.6) is 0 Å². The van der Waals surface area contributed by atoms with E-state index >= 15 is 0 Å². The number of hydrogen-bond donors (Lipinski definition) is 4. The molecule has 0 saturated carbocycles. The van der Waals surface area contributed by atoms with Crippen LogP contribution in [0.15, 0.2) is 23.4 Å². The average Bonchev–Trinajstić information content (AvgIpc) is 2.79. The lowest BCUT2D eigenvalue weighted by molar-refractivity contribution is 0.259. The first-order valence-electron chi connectivity index (χ1n) is 11.3. The third-order valence-electron chi connectivity index (χ3n) is 5.20. The zero-order chi connectivity index (χ0) is 25.6. The first-order valence-corrected chi connectivity index (χ1v) is 13.7. The summed E-state index contributed by atoms with van der Waals surface area (Å²) >= 11 is 1.01. The van der Waals surface area contributed by atoms with Gasteiger partial charge >= 0.3 is 10.2 Å². The largest absolute Gasteiger partial charge is 0.394 e. The smallest absolute Gasteiger partial charge is 0.304 e. The van der Waals surface area contributed by atoms with Crippen molar-refractivity contribution in [2.75, 3.05) is 36.3 Å². The van der Waals surface area contributed by atoms with Gasteiger partial charge in [-0.15, -0.1) is 0 Å². The fourth-order valence-electron chi connectivity index (χ4n) is 3.56. The van der Waals surface area contributed by atoms with Crippen molar-refractivity contribution in [3.8, 4) is 0 Å². The molecule has 1 aromatic carbocycles. The molecule has 35 heavy (non-hydrogen) atoms. The number of anilines is 2. The predicted molar refractivity (Wildman–Crippen MR) is 131 cm³/mol. The van der Waals surface area contributed by atoms with Crippen LogP contribution in [-0.4, -0.2) is 71.1 Å². The lowest BCUT2D eigenvalue weighted by atomic mass is 10.0. The number of aliphatic hydroxyl groups excluding tert-OH is 1. The maximum Gasteiger partial charge on any atom is 0.304 e. The number of halogens is 2. The highest BCUT2D eigenvalue weighted by atomic mass is 32.2. The summed E-state index contributed by atoms with van der Waals surface area (Å²) < 4.78 is 57.2. The third-order valence-corrected chi connectivity index (χ3v) is 7.55. The average molecular weight is 532 g/mol. The summed E-state index contributed by atoms with van der Waals surface area (Å²) in [6.07, 6.45) is 0.624. The number of aromatic nitrogens is 3. The van der Waals surface area contributed by atoms with E-state index in [9.17, 15) is 22.3 Å². The van der Waals surface area contributed by atoms with Crippen molar-refractivity contribution in [3.63, 3.8) is 0 Å². The van der Waals surface area contributed by atoms with Gasteiger partial charge in [0.05, 0.1) is 12.6 Å². The second-order valence-electron chi connectivity index (χ2n) is 8.74. The number of benzene rings is 1. The molecule has 194 valence electrons. The summed E-state index contributed by atoms with van der Waals surface area (Å²) in [7, 11) is -3.94. The van der Waals surface area contributed by atoms with E-state index in [1.807, 2.05) is 20.8 Å². The second kappa shape index (κ2) is 12.2. The number of rotatable bonds is 11. The second-order valence-corrected chi connectivity index (χ2v) is 11.4. The quantitative estimate of drug-likeness (QED) is 0.322. The number of nitrogens with zero attached hydrogens (tertiary/aromatic N) is 4. The van der Waals surface area contributed by atoms with Crippen molar-refractivity contribution in [1.82, 2.24) is 24.6 Å². The van der Waals surface area contributed by atoms with E-state index in [0.717, 1.165) is 17.8 Å². The van der Waals surface area contributed by atoms with Crippen LogP contribution >= 0.6 is 11.8 Å². The summed E-state index contributed by atoms with van der Waals surface area (Å²) in [5.74, 6) is -1.77. The number of hydrogen-bond acceptors (Lipinski definition) is 9. The van der Waals surface area contributed by atoms with E-state index < -0.39 is 21.8 Å². The molecule has 4 N–H and O–H groups in total. The Morgan fingerprint density at radius 1 is 1.26 bits per heavy atom. The van der Waals surface area contributed by atoms with Gasteiger partial charge in [0, 0.05) is 37.0 Å². The molecular weight excluding hydrogens is 500 g/mol. The highest BCUT2D eigenvalue weighted by Gasteiger charge is 2.28. The topological polar surface area (TPSA) is 132 Å². The standard InChI is InChI=1S/C21H31F2N7O3S2/c1-13(2)9-16(11-31)25-19-26-20(29-35(32,33)30-8-7-24-14(3)10-30)28-21(27-19)34-12-15-5-4-6-17(22)18(15)23/h4-6,13-14,16,24,31H,7-12H2,1-3H3,(H2,25,26,27,28,29)/t14-,16+/m0/s1. The first kappa shape index (κ1) is 27.5. The molecule has 1 aliphatic rings. The van der Waals surface area contributed by atoms with Crippen LogP contribution in [0, 0.1) is 17.6 Å². The summed E-state index contributed by atoms with van der Waals surface area (Å²) in [4.78, 5) is 12.7. The van der Waals surface area contributed by atoms with E-state index in [-0.39, 0.29) is 66.1 Å². The van der Waals surface area contributed by atoms with Gasteiger partial charge in [-0.1, -0.05) is 37.7 Å². The van der Waals surface area contributed by atoms with Crippen molar-refractivity contribution >= 4 is 33.9 Å². The van der Waals surface area contributed by atoms with Crippen LogP contribution in [-0.2, 0) is 16.0 Å². The molecule has 0 amide bonds. The normalized spacial score (nSPS) is 18.0. The molecule has 0 bridgehead atoms. The molecule has 2 aromatic rings. The molecule has 0 unspecified atom stereocenters. The monoisotopic (exact) mass is 531 g/mol. The van der Waals surface area contributed by atoms with Gasteiger partial charge in [-0.2, -0.15) is 27.7 Å². The van der Waals surface area contributed by atoms with E-state index in [1.165, 1.54) is 16.4 Å². The van der Waals surface area contributed by atoms with Crippen molar-refractivity contribution < 1.29 is 22.3 Å². The minimum Gasteiger partial charge on any atom is -0.394 e. The lowest BCUT2D eigenvalue weighted by Crippen LogP contribution is -2.52. The lowest BCUT2D eigenvalue weighted by Gasteiger charge is -2.30. The molecule has 1 aromatic heterocycles. The molecule has 0 aliphatic carbocycles. The maximum absolute atomic E-state index is 14.1. The van der Waals surface area contributed by atoms with Gasteiger partial charge in [-0.25, -0.2) is 13.5 Å². The van der Waals surface area contributed by atoms with Crippen LogP contribution in [0.2, 0.25) is 0 Å². The molecule has 2 heterocycles. The van der Waals surface area contributed by atoms with Gasteiger partial charge in [0.15, 0.2) is 16.8 Å². The van der Waals surface area contributed by atoms with Gasteiger partial charge in [0.1, 0.15) is 0 Å². The van der Waals surface area contributed by atoms with Gasteiger partial charge in [0.2, 0.25) is 11.9 Å². The summed E-state index contributed by atoms with van der Waals surface area (Å²) in [6, 6.07) is 3.51. The van der Waals surface area contributed by atoms with Crippen molar-refractivity contribution in [2.24, 2.45) is 5.92 Å². The zero-order valence-electron chi connectivity index (χ0n) is 19.8. The molecule has 14 heteroatoms. The Balaban J connectivity index is 1.85. The van der Waals surface area contributed by atoms with Gasteiger partial charge in [-0.3, -0.25) is 0 Å². The molecule has 3 rings (SSSR count).